The zero-order valence-corrected chi connectivity index (χ0v) is 14.9. The predicted molar refractivity (Wildman–Crippen MR) is 99.3 cm³/mol. The van der Waals surface area contributed by atoms with Crippen LogP contribution in [0.25, 0.3) is 0 Å². The van der Waals surface area contributed by atoms with Crippen LogP contribution in [0, 0.1) is 5.82 Å². The minimum atomic E-state index is -0.420. The number of hydrogen-bond donors (Lipinski definition) is 2. The fraction of sp³-hybridized carbons (Fsp3) is 0.111. The number of halogens is 1. The zero-order valence-electron chi connectivity index (χ0n) is 14.1. The van der Waals surface area contributed by atoms with E-state index in [9.17, 15) is 9.18 Å². The van der Waals surface area contributed by atoms with Gasteiger partial charge in [-0.2, -0.15) is 0 Å². The van der Waals surface area contributed by atoms with Gasteiger partial charge >= 0.3 is 0 Å². The summed E-state index contributed by atoms with van der Waals surface area (Å²) in [6, 6.07) is 11.0. The molecule has 0 atom stereocenters. The van der Waals surface area contributed by atoms with Gasteiger partial charge in [0.25, 0.3) is 5.91 Å². The van der Waals surface area contributed by atoms with Crippen molar-refractivity contribution in [3.8, 4) is 11.5 Å². The summed E-state index contributed by atoms with van der Waals surface area (Å²) in [6.45, 7) is 0. The molecule has 2 aromatic carbocycles. The van der Waals surface area contributed by atoms with Gasteiger partial charge in [-0.15, -0.1) is 11.3 Å². The van der Waals surface area contributed by atoms with Crippen molar-refractivity contribution in [3.63, 3.8) is 0 Å². The Morgan fingerprint density at radius 1 is 1.08 bits per heavy atom. The highest BCUT2D eigenvalue weighted by molar-refractivity contribution is 7.14. The van der Waals surface area contributed by atoms with Crippen molar-refractivity contribution >= 4 is 33.8 Å². The van der Waals surface area contributed by atoms with E-state index in [4.69, 9.17) is 9.47 Å². The van der Waals surface area contributed by atoms with Crippen molar-refractivity contribution in [2.24, 2.45) is 0 Å². The van der Waals surface area contributed by atoms with E-state index in [1.54, 1.807) is 37.8 Å². The summed E-state index contributed by atoms with van der Waals surface area (Å²) < 4.78 is 23.6. The number of thiazole rings is 1. The molecule has 0 saturated carbocycles. The van der Waals surface area contributed by atoms with Crippen LogP contribution in [0.1, 0.15) is 10.5 Å². The van der Waals surface area contributed by atoms with Crippen LogP contribution in [0.5, 0.6) is 11.5 Å². The molecule has 0 aliphatic rings. The molecule has 0 radical (unpaired) electrons. The predicted octanol–water partition coefficient (Wildman–Crippen LogP) is 4.30. The Morgan fingerprint density at radius 2 is 1.88 bits per heavy atom. The molecular formula is C18H16FN3O3S. The Labute approximate surface area is 153 Å². The second kappa shape index (κ2) is 7.83. The molecule has 3 rings (SSSR count). The molecule has 6 nitrogen and oxygen atoms in total. The van der Waals surface area contributed by atoms with Gasteiger partial charge in [0.05, 0.1) is 14.2 Å². The molecule has 1 aromatic heterocycles. The van der Waals surface area contributed by atoms with Gasteiger partial charge in [-0.25, -0.2) is 9.37 Å². The highest BCUT2D eigenvalue weighted by Gasteiger charge is 2.12. The summed E-state index contributed by atoms with van der Waals surface area (Å²) in [4.78, 5) is 16.5. The lowest BCUT2D eigenvalue weighted by molar-refractivity contribution is 0.102. The van der Waals surface area contributed by atoms with Crippen LogP contribution in [-0.4, -0.2) is 25.1 Å². The first kappa shape index (κ1) is 17.7. The highest BCUT2D eigenvalue weighted by Crippen LogP contribution is 2.31. The summed E-state index contributed by atoms with van der Waals surface area (Å²) >= 11 is 1.28. The number of nitrogens with zero attached hydrogens (tertiary/aromatic N) is 1. The Bertz CT molecular complexity index is 930. The van der Waals surface area contributed by atoms with E-state index < -0.39 is 11.7 Å². The summed E-state index contributed by atoms with van der Waals surface area (Å²) in [5.74, 6) is 0.370. The average molecular weight is 373 g/mol. The molecule has 0 spiro atoms. The lowest BCUT2D eigenvalue weighted by atomic mass is 10.3. The fourth-order valence-corrected chi connectivity index (χ4v) is 2.95. The highest BCUT2D eigenvalue weighted by atomic mass is 32.1. The summed E-state index contributed by atoms with van der Waals surface area (Å²) in [5.41, 5.74) is 1.36. The number of carbonyl (C=O) groups is 1. The number of benzene rings is 2. The minimum absolute atomic E-state index is 0.238. The van der Waals surface area contributed by atoms with E-state index in [-0.39, 0.29) is 5.69 Å². The lowest BCUT2D eigenvalue weighted by Gasteiger charge is -2.09. The van der Waals surface area contributed by atoms with Crippen molar-refractivity contribution in [2.45, 2.75) is 0 Å². The second-order valence-electron chi connectivity index (χ2n) is 5.20. The molecule has 134 valence electrons. The van der Waals surface area contributed by atoms with Gasteiger partial charge in [0.1, 0.15) is 11.5 Å². The Morgan fingerprint density at radius 3 is 2.62 bits per heavy atom. The second-order valence-corrected chi connectivity index (χ2v) is 6.06. The lowest BCUT2D eigenvalue weighted by Crippen LogP contribution is -2.12. The van der Waals surface area contributed by atoms with Gasteiger partial charge in [-0.3, -0.25) is 4.79 Å². The van der Waals surface area contributed by atoms with Crippen LogP contribution in [-0.2, 0) is 0 Å². The van der Waals surface area contributed by atoms with Crippen molar-refractivity contribution < 1.29 is 18.7 Å². The quantitative estimate of drug-likeness (QED) is 0.674. The van der Waals surface area contributed by atoms with Crippen molar-refractivity contribution in [1.29, 1.82) is 0 Å². The van der Waals surface area contributed by atoms with Crippen LogP contribution in [0.15, 0.2) is 47.8 Å². The van der Waals surface area contributed by atoms with Crippen LogP contribution in [0.4, 0.5) is 20.9 Å². The molecule has 8 heteroatoms. The number of hydrogen-bond acceptors (Lipinski definition) is 6. The molecule has 2 N–H and O–H groups in total. The van der Waals surface area contributed by atoms with E-state index >= 15 is 0 Å². The van der Waals surface area contributed by atoms with Crippen molar-refractivity contribution in [1.82, 2.24) is 4.98 Å². The average Bonchev–Trinajstić information content (AvgIpc) is 3.10. The van der Waals surface area contributed by atoms with Gasteiger partial charge in [-0.1, -0.05) is 6.07 Å². The molecule has 0 aliphatic heterocycles. The topological polar surface area (TPSA) is 72.5 Å². The van der Waals surface area contributed by atoms with E-state index in [1.807, 2.05) is 6.07 Å². The third-order valence-corrected chi connectivity index (χ3v) is 4.21. The molecule has 0 aliphatic carbocycles. The van der Waals surface area contributed by atoms with Gasteiger partial charge < -0.3 is 20.1 Å². The molecular weight excluding hydrogens is 357 g/mol. The van der Waals surface area contributed by atoms with Gasteiger partial charge in [0.15, 0.2) is 16.6 Å². The van der Waals surface area contributed by atoms with E-state index in [1.165, 1.54) is 29.5 Å². The largest absolute Gasteiger partial charge is 0.493 e. The number of amides is 1. The van der Waals surface area contributed by atoms with Gasteiger partial charge in [-0.05, 0) is 30.3 Å². The SMILES string of the molecule is COc1ccc(Nc2nc(C(=O)Nc3cccc(F)c3)cs2)cc1OC. The number of nitrogens with one attached hydrogen (secondary N) is 2. The van der Waals surface area contributed by atoms with E-state index in [2.05, 4.69) is 15.6 Å². The number of anilines is 3. The molecule has 26 heavy (non-hydrogen) atoms. The number of methoxy groups -OCH3 is 2. The molecule has 1 heterocycles. The first-order valence-corrected chi connectivity index (χ1v) is 8.48. The Hall–Kier alpha value is -3.13. The van der Waals surface area contributed by atoms with Crippen LogP contribution >= 0.6 is 11.3 Å². The summed E-state index contributed by atoms with van der Waals surface area (Å²) in [7, 11) is 3.12. The summed E-state index contributed by atoms with van der Waals surface area (Å²) in [6.07, 6.45) is 0. The smallest absolute Gasteiger partial charge is 0.275 e. The molecule has 0 fully saturated rings. The normalized spacial score (nSPS) is 10.3. The third-order valence-electron chi connectivity index (χ3n) is 3.45. The first-order valence-electron chi connectivity index (χ1n) is 7.60. The first-order chi connectivity index (χ1) is 12.6. The molecule has 0 bridgehead atoms. The minimum Gasteiger partial charge on any atom is -0.493 e. The van der Waals surface area contributed by atoms with Crippen molar-refractivity contribution in [3.05, 3.63) is 59.4 Å². The Balaban J connectivity index is 1.70. The molecule has 0 unspecified atom stereocenters. The molecule has 3 aromatic rings. The third kappa shape index (κ3) is 4.09. The zero-order chi connectivity index (χ0) is 18.5. The van der Waals surface area contributed by atoms with Crippen LogP contribution in [0.2, 0.25) is 0 Å². The monoisotopic (exact) mass is 373 g/mol. The maximum atomic E-state index is 13.2. The van der Waals surface area contributed by atoms with E-state index in [0.717, 1.165) is 5.69 Å². The summed E-state index contributed by atoms with van der Waals surface area (Å²) in [5, 5.41) is 7.89. The van der Waals surface area contributed by atoms with Crippen molar-refractivity contribution in [2.75, 3.05) is 24.9 Å². The molecule has 0 saturated heterocycles. The fourth-order valence-electron chi connectivity index (χ4n) is 2.23. The van der Waals surface area contributed by atoms with Gasteiger partial charge in [0, 0.05) is 22.8 Å². The standard InChI is InChI=1S/C18H16FN3O3S/c1-24-15-7-6-13(9-16(15)25-2)21-18-22-14(10-26-18)17(23)20-12-5-3-4-11(19)8-12/h3-10H,1-2H3,(H,20,23)(H,21,22). The maximum absolute atomic E-state index is 13.2. The number of carbonyl (C=O) groups excluding carboxylic acids is 1. The number of aromatic nitrogens is 1. The molecule has 1 amide bonds. The van der Waals surface area contributed by atoms with E-state index in [0.29, 0.717) is 22.3 Å². The number of ether oxygens (including phenoxy) is 2. The van der Waals surface area contributed by atoms with Gasteiger partial charge in [0.2, 0.25) is 0 Å². The maximum Gasteiger partial charge on any atom is 0.275 e. The Kier molecular flexibility index (Phi) is 5.33. The number of rotatable bonds is 6. The van der Waals surface area contributed by atoms with Crippen LogP contribution in [0.3, 0.4) is 0 Å². The van der Waals surface area contributed by atoms with Crippen LogP contribution < -0.4 is 20.1 Å².